The van der Waals surface area contributed by atoms with Crippen LogP contribution in [-0.4, -0.2) is 4.87 Å². The van der Waals surface area contributed by atoms with E-state index < -0.39 is 4.87 Å². The summed E-state index contributed by atoms with van der Waals surface area (Å²) < 4.78 is 0. The van der Waals surface area contributed by atoms with E-state index in [1.807, 2.05) is 13.0 Å². The molecule has 0 spiro atoms. The monoisotopic (exact) mass is 156 g/mol. The van der Waals surface area contributed by atoms with Gasteiger partial charge in [-0.1, -0.05) is 12.0 Å². The minimum Gasteiger partial charge on any atom is -0.118 e. The summed E-state index contributed by atoms with van der Waals surface area (Å²) in [7, 11) is 0. The van der Waals surface area contributed by atoms with Crippen LogP contribution in [0.1, 0.15) is 26.2 Å². The molecule has 0 fully saturated rings. The molecule has 0 saturated heterocycles. The summed E-state index contributed by atoms with van der Waals surface area (Å²) in [6.07, 6.45) is 9.93. The second-order valence-corrected chi connectivity index (χ2v) is 3.36. The lowest BCUT2D eigenvalue weighted by molar-refractivity contribution is 0.661. The van der Waals surface area contributed by atoms with Crippen LogP contribution in [0.4, 0.5) is 0 Å². The minimum absolute atomic E-state index is 0.455. The second-order valence-electron chi connectivity index (χ2n) is 2.52. The fourth-order valence-corrected chi connectivity index (χ4v) is 0.784. The molecular weight excluding hydrogens is 144 g/mol. The summed E-state index contributed by atoms with van der Waals surface area (Å²) in [6.45, 7) is 5.47. The Morgan fingerprint density at radius 1 is 1.80 bits per heavy atom. The van der Waals surface area contributed by atoms with E-state index in [2.05, 4.69) is 12.5 Å². The van der Waals surface area contributed by atoms with Gasteiger partial charge in [0.15, 0.2) is 0 Å². The van der Waals surface area contributed by atoms with Crippen LogP contribution in [0.15, 0.2) is 12.7 Å². The van der Waals surface area contributed by atoms with E-state index in [4.69, 9.17) is 18.0 Å². The van der Waals surface area contributed by atoms with Crippen molar-refractivity contribution in [3.8, 4) is 12.3 Å². The third kappa shape index (κ3) is 4.47. The van der Waals surface area contributed by atoms with Gasteiger partial charge in [-0.2, -0.15) is 0 Å². The van der Waals surface area contributed by atoms with Gasteiger partial charge in [-0.15, -0.1) is 24.6 Å². The first-order valence-corrected chi connectivity index (χ1v) is 3.78. The fraction of sp³-hybridized carbons (Fsp3) is 0.556. The van der Waals surface area contributed by atoms with E-state index in [9.17, 15) is 0 Å². The van der Waals surface area contributed by atoms with Crippen molar-refractivity contribution < 1.29 is 0 Å². The quantitative estimate of drug-likeness (QED) is 0.254. The summed E-state index contributed by atoms with van der Waals surface area (Å²) >= 11 is 5.89. The number of allylic oxidation sites excluding steroid dienone is 1. The van der Waals surface area contributed by atoms with E-state index >= 15 is 0 Å². The van der Waals surface area contributed by atoms with Crippen LogP contribution < -0.4 is 0 Å². The molecule has 0 heterocycles. The standard InChI is InChI=1S/C9H13Cl/c1-4-6-7-8-9(3,10)5-2/h2,4H,1,6-8H2,3H3. The molecular formula is C9H13Cl. The van der Waals surface area contributed by atoms with Crippen molar-refractivity contribution in [1.82, 2.24) is 0 Å². The predicted molar refractivity (Wildman–Crippen MR) is 47.1 cm³/mol. The molecule has 0 nitrogen and oxygen atoms in total. The summed E-state index contributed by atoms with van der Waals surface area (Å²) in [4.78, 5) is -0.455. The summed E-state index contributed by atoms with van der Waals surface area (Å²) in [6, 6.07) is 0. The normalized spacial score (nSPS) is 15.3. The lowest BCUT2D eigenvalue weighted by Gasteiger charge is -2.12. The first kappa shape index (κ1) is 9.59. The minimum atomic E-state index is -0.455. The smallest absolute Gasteiger partial charge is 0.102 e. The van der Waals surface area contributed by atoms with Gasteiger partial charge in [0.2, 0.25) is 0 Å². The zero-order chi connectivity index (χ0) is 8.04. The number of terminal acetylenes is 1. The van der Waals surface area contributed by atoms with Crippen molar-refractivity contribution in [3.05, 3.63) is 12.7 Å². The Balaban J connectivity index is 3.49. The zero-order valence-corrected chi connectivity index (χ0v) is 7.12. The van der Waals surface area contributed by atoms with Crippen LogP contribution in [0.2, 0.25) is 0 Å². The molecule has 0 N–H and O–H groups in total. The highest BCUT2D eigenvalue weighted by atomic mass is 35.5. The zero-order valence-electron chi connectivity index (χ0n) is 6.36. The van der Waals surface area contributed by atoms with E-state index in [0.717, 1.165) is 19.3 Å². The van der Waals surface area contributed by atoms with Crippen molar-refractivity contribution in [2.45, 2.75) is 31.1 Å². The summed E-state index contributed by atoms with van der Waals surface area (Å²) in [5, 5.41) is 0. The van der Waals surface area contributed by atoms with Crippen molar-refractivity contribution >= 4 is 11.6 Å². The molecule has 0 bridgehead atoms. The molecule has 0 amide bonds. The Bertz CT molecular complexity index is 139. The van der Waals surface area contributed by atoms with Gasteiger partial charge in [0.05, 0.1) is 0 Å². The Morgan fingerprint density at radius 2 is 2.40 bits per heavy atom. The van der Waals surface area contributed by atoms with Gasteiger partial charge >= 0.3 is 0 Å². The number of hydrogen-bond acceptors (Lipinski definition) is 0. The molecule has 0 aromatic heterocycles. The van der Waals surface area contributed by atoms with Crippen LogP contribution in [-0.2, 0) is 0 Å². The van der Waals surface area contributed by atoms with Gasteiger partial charge in [0, 0.05) is 0 Å². The molecule has 0 aliphatic rings. The number of unbranched alkanes of at least 4 members (excludes halogenated alkanes) is 1. The third-order valence-electron chi connectivity index (χ3n) is 1.36. The average molecular weight is 157 g/mol. The molecule has 1 heteroatoms. The fourth-order valence-electron chi connectivity index (χ4n) is 0.651. The highest BCUT2D eigenvalue weighted by Crippen LogP contribution is 2.20. The van der Waals surface area contributed by atoms with E-state index in [-0.39, 0.29) is 0 Å². The largest absolute Gasteiger partial charge is 0.118 e. The maximum absolute atomic E-state index is 5.89. The summed E-state index contributed by atoms with van der Waals surface area (Å²) in [5.41, 5.74) is 0. The van der Waals surface area contributed by atoms with Gasteiger partial charge in [0.25, 0.3) is 0 Å². The molecule has 0 aromatic carbocycles. The lowest BCUT2D eigenvalue weighted by Crippen LogP contribution is -2.11. The van der Waals surface area contributed by atoms with Crippen molar-refractivity contribution in [3.63, 3.8) is 0 Å². The topological polar surface area (TPSA) is 0 Å². The van der Waals surface area contributed by atoms with Gasteiger partial charge < -0.3 is 0 Å². The lowest BCUT2D eigenvalue weighted by atomic mass is 10.0. The third-order valence-corrected chi connectivity index (χ3v) is 1.65. The molecule has 1 unspecified atom stereocenters. The molecule has 56 valence electrons. The van der Waals surface area contributed by atoms with E-state index in [1.165, 1.54) is 0 Å². The molecule has 10 heavy (non-hydrogen) atoms. The molecule has 0 radical (unpaired) electrons. The van der Waals surface area contributed by atoms with Crippen molar-refractivity contribution in [2.75, 3.05) is 0 Å². The number of alkyl halides is 1. The van der Waals surface area contributed by atoms with Crippen molar-refractivity contribution in [2.24, 2.45) is 0 Å². The number of hydrogen-bond donors (Lipinski definition) is 0. The van der Waals surface area contributed by atoms with Gasteiger partial charge in [0.1, 0.15) is 4.87 Å². The molecule has 0 aliphatic carbocycles. The average Bonchev–Trinajstić information content (AvgIpc) is 1.89. The summed E-state index contributed by atoms with van der Waals surface area (Å²) in [5.74, 6) is 2.53. The Hall–Kier alpha value is -0.410. The molecule has 0 aromatic rings. The van der Waals surface area contributed by atoms with E-state index in [0.29, 0.717) is 0 Å². The highest BCUT2D eigenvalue weighted by molar-refractivity contribution is 6.25. The highest BCUT2D eigenvalue weighted by Gasteiger charge is 2.14. The Morgan fingerprint density at radius 3 is 2.80 bits per heavy atom. The molecule has 0 saturated carbocycles. The molecule has 0 rings (SSSR count). The first-order valence-electron chi connectivity index (χ1n) is 3.40. The van der Waals surface area contributed by atoms with Crippen LogP contribution in [0.3, 0.4) is 0 Å². The number of halogens is 1. The maximum atomic E-state index is 5.89. The van der Waals surface area contributed by atoms with Crippen LogP contribution in [0.5, 0.6) is 0 Å². The maximum Gasteiger partial charge on any atom is 0.102 e. The van der Waals surface area contributed by atoms with Crippen LogP contribution >= 0.6 is 11.6 Å². The van der Waals surface area contributed by atoms with Crippen LogP contribution in [0.25, 0.3) is 0 Å². The number of rotatable bonds is 4. The van der Waals surface area contributed by atoms with E-state index in [1.54, 1.807) is 0 Å². The van der Waals surface area contributed by atoms with Crippen LogP contribution in [0, 0.1) is 12.3 Å². The Labute approximate surface area is 68.3 Å². The van der Waals surface area contributed by atoms with Gasteiger partial charge in [-0.25, -0.2) is 0 Å². The predicted octanol–water partition coefficient (Wildman–Crippen LogP) is 2.97. The molecule has 1 atom stereocenters. The first-order chi connectivity index (χ1) is 4.62. The Kier molecular flexibility index (Phi) is 4.23. The van der Waals surface area contributed by atoms with Gasteiger partial charge in [-0.3, -0.25) is 0 Å². The molecule has 0 aliphatic heterocycles. The second kappa shape index (κ2) is 4.41. The van der Waals surface area contributed by atoms with Gasteiger partial charge in [-0.05, 0) is 26.2 Å². The SMILES string of the molecule is C#CC(C)(Cl)CCCC=C. The van der Waals surface area contributed by atoms with Crippen molar-refractivity contribution in [1.29, 1.82) is 0 Å².